The molecule has 1 N–H and O–H groups in total. The Morgan fingerprint density at radius 2 is 1.44 bits per heavy atom. The minimum absolute atomic E-state index is 0.0606. The van der Waals surface area contributed by atoms with Crippen molar-refractivity contribution in [3.8, 4) is 0 Å². The van der Waals surface area contributed by atoms with Gasteiger partial charge in [-0.25, -0.2) is 4.79 Å². The molecule has 1 heterocycles. The first-order chi connectivity index (χ1) is 16.7. The molecule has 1 saturated heterocycles. The van der Waals surface area contributed by atoms with E-state index < -0.39 is 4.75 Å². The quantitative estimate of drug-likeness (QED) is 0.301. The Bertz CT molecular complexity index is 932. The highest BCUT2D eigenvalue weighted by Gasteiger charge is 2.44. The van der Waals surface area contributed by atoms with Gasteiger partial charge < -0.3 is 14.7 Å². The predicted octanol–water partition coefficient (Wildman–Crippen LogP) is 6.08. The lowest BCUT2D eigenvalue weighted by molar-refractivity contribution is 0.0837. The van der Waals surface area contributed by atoms with E-state index in [2.05, 4.69) is 79.7 Å². The van der Waals surface area contributed by atoms with Gasteiger partial charge in [0.1, 0.15) is 0 Å². The molecule has 0 bridgehead atoms. The van der Waals surface area contributed by atoms with Crippen LogP contribution in [0.15, 0.2) is 91.0 Å². The number of aliphatic hydroxyl groups is 1. The Hall–Kier alpha value is -2.76. The van der Waals surface area contributed by atoms with Crippen LogP contribution in [-0.2, 0) is 9.48 Å². The van der Waals surface area contributed by atoms with Gasteiger partial charge in [-0.3, -0.25) is 0 Å². The lowest BCUT2D eigenvalue weighted by Gasteiger charge is -2.37. The molecule has 3 aromatic rings. The molecule has 0 radical (unpaired) electrons. The molecular weight excluding hydrogens is 442 g/mol. The number of carbonyl (C=O) groups excluding carboxylic acids is 1. The summed E-state index contributed by atoms with van der Waals surface area (Å²) in [5.74, 6) is 0. The van der Waals surface area contributed by atoms with Gasteiger partial charge in [-0.05, 0) is 29.5 Å². The summed E-state index contributed by atoms with van der Waals surface area (Å²) in [6, 6.07) is 31.5. The zero-order valence-electron chi connectivity index (χ0n) is 19.7. The first-order valence-corrected chi connectivity index (χ1v) is 13.0. The van der Waals surface area contributed by atoms with Gasteiger partial charge in [0, 0.05) is 11.8 Å². The summed E-state index contributed by atoms with van der Waals surface area (Å²) in [6.45, 7) is 2.98. The molecule has 1 amide bonds. The van der Waals surface area contributed by atoms with Crippen LogP contribution in [0.2, 0.25) is 0 Å². The minimum Gasteiger partial charge on any atom is -0.449 e. The number of aliphatic hydroxyl groups excluding tert-OH is 1. The third-order valence-electron chi connectivity index (χ3n) is 6.43. The van der Waals surface area contributed by atoms with Crippen LogP contribution in [0.5, 0.6) is 0 Å². The van der Waals surface area contributed by atoms with Crippen molar-refractivity contribution in [2.75, 3.05) is 19.8 Å². The zero-order valence-corrected chi connectivity index (χ0v) is 20.5. The standard InChI is InChI=1S/C29H33NO3S/c1-2-3-19-33-28(32)30-21-27(20-26(30)22-31)34-29(23-13-7-4-8-14-23,24-15-9-5-10-16-24)25-17-11-6-12-18-25/h4-18,26-27,31H,2-3,19-22H2,1H3. The SMILES string of the molecule is CCCCOC(=O)N1CC(SC(c2ccccc2)(c2ccccc2)c2ccccc2)CC1CO. The van der Waals surface area contributed by atoms with E-state index in [1.165, 1.54) is 16.7 Å². The van der Waals surface area contributed by atoms with Gasteiger partial charge in [-0.1, -0.05) is 104 Å². The van der Waals surface area contributed by atoms with E-state index in [4.69, 9.17) is 4.74 Å². The maximum atomic E-state index is 12.8. The summed E-state index contributed by atoms with van der Waals surface area (Å²) in [6.07, 6.45) is 2.22. The lowest BCUT2D eigenvalue weighted by Crippen LogP contribution is -2.38. The summed E-state index contributed by atoms with van der Waals surface area (Å²) in [4.78, 5) is 14.5. The van der Waals surface area contributed by atoms with Crippen molar-refractivity contribution in [3.63, 3.8) is 0 Å². The third-order valence-corrected chi connectivity index (χ3v) is 8.16. The fourth-order valence-corrected chi connectivity index (χ4v) is 6.59. The van der Waals surface area contributed by atoms with Crippen LogP contribution >= 0.6 is 11.8 Å². The highest BCUT2D eigenvalue weighted by Crippen LogP contribution is 2.52. The van der Waals surface area contributed by atoms with Gasteiger partial charge in [0.15, 0.2) is 0 Å². The van der Waals surface area contributed by atoms with E-state index >= 15 is 0 Å². The number of unbranched alkanes of at least 4 members (excludes halogenated alkanes) is 1. The molecule has 2 atom stereocenters. The molecule has 1 fully saturated rings. The van der Waals surface area contributed by atoms with E-state index in [0.29, 0.717) is 13.2 Å². The topological polar surface area (TPSA) is 49.8 Å². The minimum atomic E-state index is -0.448. The highest BCUT2D eigenvalue weighted by molar-refractivity contribution is 8.01. The maximum Gasteiger partial charge on any atom is 0.410 e. The van der Waals surface area contributed by atoms with E-state index in [9.17, 15) is 9.90 Å². The molecule has 5 heteroatoms. The zero-order chi connectivity index (χ0) is 23.8. The average Bonchev–Trinajstić information content (AvgIpc) is 3.32. The molecule has 1 aliphatic heterocycles. The Labute approximate surface area is 207 Å². The normalized spacial score (nSPS) is 18.1. The Morgan fingerprint density at radius 3 is 1.88 bits per heavy atom. The second-order valence-electron chi connectivity index (χ2n) is 8.71. The van der Waals surface area contributed by atoms with Crippen LogP contribution in [0.1, 0.15) is 42.9 Å². The predicted molar refractivity (Wildman–Crippen MR) is 139 cm³/mol. The van der Waals surface area contributed by atoms with Gasteiger partial charge in [0.25, 0.3) is 0 Å². The summed E-state index contributed by atoms with van der Waals surface area (Å²) in [5, 5.41) is 10.2. The van der Waals surface area contributed by atoms with Crippen molar-refractivity contribution in [1.82, 2.24) is 4.90 Å². The van der Waals surface area contributed by atoms with E-state index in [1.54, 1.807) is 4.90 Å². The molecule has 0 saturated carbocycles. The van der Waals surface area contributed by atoms with Crippen molar-refractivity contribution in [2.45, 2.75) is 42.2 Å². The molecule has 0 aromatic heterocycles. The number of ether oxygens (including phenoxy) is 1. The molecule has 34 heavy (non-hydrogen) atoms. The number of thioether (sulfide) groups is 1. The number of nitrogens with zero attached hydrogens (tertiary/aromatic N) is 1. The van der Waals surface area contributed by atoms with E-state index in [1.807, 2.05) is 30.0 Å². The van der Waals surface area contributed by atoms with Gasteiger partial charge >= 0.3 is 6.09 Å². The van der Waals surface area contributed by atoms with Crippen molar-refractivity contribution < 1.29 is 14.6 Å². The number of rotatable bonds is 9. The van der Waals surface area contributed by atoms with Crippen LogP contribution in [-0.4, -0.2) is 47.1 Å². The summed E-state index contributed by atoms with van der Waals surface area (Å²) in [7, 11) is 0. The monoisotopic (exact) mass is 475 g/mol. The molecule has 4 nitrogen and oxygen atoms in total. The van der Waals surface area contributed by atoms with Crippen molar-refractivity contribution in [3.05, 3.63) is 108 Å². The second kappa shape index (κ2) is 11.6. The Morgan fingerprint density at radius 1 is 0.941 bits per heavy atom. The second-order valence-corrected chi connectivity index (χ2v) is 10.2. The van der Waals surface area contributed by atoms with Gasteiger partial charge in [-0.2, -0.15) is 0 Å². The van der Waals surface area contributed by atoms with Gasteiger partial charge in [0.2, 0.25) is 0 Å². The molecule has 1 aliphatic rings. The smallest absolute Gasteiger partial charge is 0.410 e. The van der Waals surface area contributed by atoms with Crippen LogP contribution < -0.4 is 0 Å². The van der Waals surface area contributed by atoms with Crippen LogP contribution in [0.4, 0.5) is 4.79 Å². The Balaban J connectivity index is 1.72. The first kappa shape index (κ1) is 24.4. The molecule has 2 unspecified atom stereocenters. The largest absolute Gasteiger partial charge is 0.449 e. The van der Waals surface area contributed by atoms with E-state index in [-0.39, 0.29) is 24.0 Å². The summed E-state index contributed by atoms with van der Waals surface area (Å²) >= 11 is 1.87. The molecular formula is C29H33NO3S. The fraction of sp³-hybridized carbons (Fsp3) is 0.345. The number of likely N-dealkylation sites (tertiary alicyclic amines) is 1. The highest BCUT2D eigenvalue weighted by atomic mass is 32.2. The third kappa shape index (κ3) is 5.16. The molecule has 178 valence electrons. The summed E-state index contributed by atoms with van der Waals surface area (Å²) in [5.41, 5.74) is 3.59. The van der Waals surface area contributed by atoms with Crippen molar-refractivity contribution >= 4 is 17.9 Å². The number of carbonyl (C=O) groups is 1. The maximum absolute atomic E-state index is 12.8. The fourth-order valence-electron chi connectivity index (χ4n) is 4.72. The molecule has 4 rings (SSSR count). The molecule has 0 spiro atoms. The number of hydrogen-bond donors (Lipinski definition) is 1. The number of amides is 1. The van der Waals surface area contributed by atoms with Crippen LogP contribution in [0.3, 0.4) is 0 Å². The number of benzene rings is 3. The van der Waals surface area contributed by atoms with E-state index in [0.717, 1.165) is 19.3 Å². The van der Waals surface area contributed by atoms with Crippen molar-refractivity contribution in [1.29, 1.82) is 0 Å². The van der Waals surface area contributed by atoms with Crippen LogP contribution in [0.25, 0.3) is 0 Å². The molecule has 0 aliphatic carbocycles. The first-order valence-electron chi connectivity index (χ1n) is 12.1. The van der Waals surface area contributed by atoms with Crippen molar-refractivity contribution in [2.24, 2.45) is 0 Å². The van der Waals surface area contributed by atoms with Gasteiger partial charge in [-0.15, -0.1) is 11.8 Å². The number of hydrogen-bond acceptors (Lipinski definition) is 4. The van der Waals surface area contributed by atoms with Gasteiger partial charge in [0.05, 0.1) is 24.0 Å². The van der Waals surface area contributed by atoms with Crippen LogP contribution in [0, 0.1) is 0 Å². The molecule has 3 aromatic carbocycles. The Kier molecular flexibility index (Phi) is 8.30. The average molecular weight is 476 g/mol. The lowest BCUT2D eigenvalue weighted by atomic mass is 9.84. The summed E-state index contributed by atoms with van der Waals surface area (Å²) < 4.78 is 5.05.